The largest absolute Gasteiger partial charge is 0.486 e. The molecule has 3 heterocycles. The van der Waals surface area contributed by atoms with E-state index in [0.717, 1.165) is 4.68 Å². The lowest BCUT2D eigenvalue weighted by Gasteiger charge is -2.34. The second-order valence-corrected chi connectivity index (χ2v) is 7.88. The Balaban J connectivity index is 1.46. The van der Waals surface area contributed by atoms with Crippen molar-refractivity contribution < 1.29 is 27.8 Å². The van der Waals surface area contributed by atoms with E-state index in [-0.39, 0.29) is 42.6 Å². The summed E-state index contributed by atoms with van der Waals surface area (Å²) in [5, 5.41) is 25.3. The predicted octanol–water partition coefficient (Wildman–Crippen LogP) is 1.93. The predicted molar refractivity (Wildman–Crippen MR) is 119 cm³/mol. The summed E-state index contributed by atoms with van der Waals surface area (Å²) < 4.78 is 46.4. The smallest absolute Gasteiger partial charge is 0.257 e. The first-order valence-corrected chi connectivity index (χ1v) is 10.9. The minimum absolute atomic E-state index is 0.136. The van der Waals surface area contributed by atoms with Crippen molar-refractivity contribution in [2.24, 2.45) is 0 Å². The lowest BCUT2D eigenvalue weighted by atomic mass is 10.0. The molecule has 1 aliphatic heterocycles. The molecule has 4 rings (SSSR count). The van der Waals surface area contributed by atoms with Crippen LogP contribution in [-0.2, 0) is 11.3 Å². The van der Waals surface area contributed by atoms with Gasteiger partial charge in [0.05, 0.1) is 24.0 Å². The van der Waals surface area contributed by atoms with E-state index in [1.807, 2.05) is 6.07 Å². The fourth-order valence-corrected chi connectivity index (χ4v) is 3.66. The van der Waals surface area contributed by atoms with E-state index in [2.05, 4.69) is 25.4 Å². The number of piperidine rings is 1. The van der Waals surface area contributed by atoms with Crippen LogP contribution in [0.4, 0.5) is 24.8 Å². The standard InChI is InChI=1S/C22H21F3N8O3/c23-16-9-32(20(35)11-34)4-3-18(16)36-17-2-1-13(5-14(17)6-26)21-27-12-28-22(31-21)30-15-7-29-33(8-15)10-19(24)25/h1-2,5,7-8,12,16,18-19,34H,3-4,9-11H2,(H,27,28,30,31)/t16-,18-/m0/s1. The van der Waals surface area contributed by atoms with Crippen LogP contribution in [0.5, 0.6) is 5.75 Å². The highest BCUT2D eigenvalue weighted by Gasteiger charge is 2.33. The molecular weight excluding hydrogens is 481 g/mol. The number of aromatic nitrogens is 5. The monoisotopic (exact) mass is 502 g/mol. The molecule has 1 amide bonds. The highest BCUT2D eigenvalue weighted by atomic mass is 19.3. The van der Waals surface area contributed by atoms with Gasteiger partial charge >= 0.3 is 0 Å². The van der Waals surface area contributed by atoms with Crippen LogP contribution in [0.25, 0.3) is 11.4 Å². The summed E-state index contributed by atoms with van der Waals surface area (Å²) in [6.45, 7) is -1.20. The molecule has 0 aliphatic carbocycles. The molecule has 2 aromatic heterocycles. The number of hydrogen-bond acceptors (Lipinski definition) is 9. The summed E-state index contributed by atoms with van der Waals surface area (Å²) in [6.07, 6.45) is -0.684. The van der Waals surface area contributed by atoms with Gasteiger partial charge in [0.15, 0.2) is 12.0 Å². The molecule has 0 saturated carbocycles. The zero-order valence-electron chi connectivity index (χ0n) is 18.8. The van der Waals surface area contributed by atoms with E-state index in [1.165, 1.54) is 35.8 Å². The minimum Gasteiger partial charge on any atom is -0.486 e. The van der Waals surface area contributed by atoms with Gasteiger partial charge in [0, 0.05) is 24.7 Å². The van der Waals surface area contributed by atoms with E-state index < -0.39 is 37.8 Å². The van der Waals surface area contributed by atoms with Crippen LogP contribution < -0.4 is 10.1 Å². The quantitative estimate of drug-likeness (QED) is 0.472. The molecule has 2 atom stereocenters. The van der Waals surface area contributed by atoms with Gasteiger partial charge in [0.1, 0.15) is 37.4 Å². The topological polar surface area (TPSA) is 142 Å². The van der Waals surface area contributed by atoms with Gasteiger partial charge in [-0.2, -0.15) is 15.3 Å². The molecule has 1 fully saturated rings. The number of aliphatic hydroxyl groups is 1. The third kappa shape index (κ3) is 5.87. The highest BCUT2D eigenvalue weighted by Crippen LogP contribution is 2.28. The molecule has 0 radical (unpaired) electrons. The van der Waals surface area contributed by atoms with Crippen molar-refractivity contribution in [2.75, 3.05) is 25.0 Å². The Kier molecular flexibility index (Phi) is 7.59. The number of hydrogen-bond donors (Lipinski definition) is 2. The van der Waals surface area contributed by atoms with Crippen LogP contribution in [0, 0.1) is 11.3 Å². The summed E-state index contributed by atoms with van der Waals surface area (Å²) in [4.78, 5) is 25.2. The van der Waals surface area contributed by atoms with Crippen molar-refractivity contribution in [1.29, 1.82) is 5.26 Å². The van der Waals surface area contributed by atoms with Crippen molar-refractivity contribution in [2.45, 2.75) is 31.7 Å². The lowest BCUT2D eigenvalue weighted by Crippen LogP contribution is -2.50. The Hall–Kier alpha value is -4.25. The van der Waals surface area contributed by atoms with Gasteiger partial charge in [-0.3, -0.25) is 9.48 Å². The van der Waals surface area contributed by atoms with Crippen LogP contribution in [0.1, 0.15) is 12.0 Å². The van der Waals surface area contributed by atoms with Gasteiger partial charge in [-0.05, 0) is 18.2 Å². The number of likely N-dealkylation sites (tertiary alicyclic amines) is 1. The first-order chi connectivity index (χ1) is 17.4. The Bertz CT molecular complexity index is 1270. The molecule has 0 bridgehead atoms. The van der Waals surface area contributed by atoms with Gasteiger partial charge in [-0.25, -0.2) is 23.1 Å². The average Bonchev–Trinajstić information content (AvgIpc) is 3.30. The number of anilines is 2. The molecule has 1 aromatic carbocycles. The molecule has 3 aromatic rings. The van der Waals surface area contributed by atoms with Crippen LogP contribution in [-0.4, -0.2) is 79.0 Å². The maximum atomic E-state index is 14.6. The van der Waals surface area contributed by atoms with Crippen LogP contribution in [0.15, 0.2) is 36.9 Å². The first kappa shape index (κ1) is 24.9. The van der Waals surface area contributed by atoms with Crippen LogP contribution >= 0.6 is 0 Å². The highest BCUT2D eigenvalue weighted by molar-refractivity contribution is 5.77. The fraction of sp³-hybridized carbons (Fsp3) is 0.364. The molecule has 1 saturated heterocycles. The number of nitrogens with one attached hydrogen (secondary N) is 1. The van der Waals surface area contributed by atoms with Crippen LogP contribution in [0.3, 0.4) is 0 Å². The molecule has 36 heavy (non-hydrogen) atoms. The van der Waals surface area contributed by atoms with Gasteiger partial charge in [-0.15, -0.1) is 0 Å². The van der Waals surface area contributed by atoms with Crippen molar-refractivity contribution in [3.63, 3.8) is 0 Å². The van der Waals surface area contributed by atoms with Gasteiger partial charge in [0.2, 0.25) is 11.9 Å². The maximum absolute atomic E-state index is 14.6. The number of nitriles is 1. The molecule has 2 N–H and O–H groups in total. The zero-order chi connectivity index (χ0) is 25.7. The zero-order valence-corrected chi connectivity index (χ0v) is 18.8. The number of halogens is 3. The Morgan fingerprint density at radius 3 is 2.92 bits per heavy atom. The summed E-state index contributed by atoms with van der Waals surface area (Å²) in [7, 11) is 0. The summed E-state index contributed by atoms with van der Waals surface area (Å²) in [5.74, 6) is -0.00402. The maximum Gasteiger partial charge on any atom is 0.257 e. The van der Waals surface area contributed by atoms with Crippen molar-refractivity contribution in [3.8, 4) is 23.2 Å². The van der Waals surface area contributed by atoms with Crippen molar-refractivity contribution in [1.82, 2.24) is 29.6 Å². The van der Waals surface area contributed by atoms with Gasteiger partial charge < -0.3 is 20.1 Å². The van der Waals surface area contributed by atoms with Crippen molar-refractivity contribution >= 4 is 17.5 Å². The third-order valence-corrected chi connectivity index (χ3v) is 5.39. The minimum atomic E-state index is -2.54. The van der Waals surface area contributed by atoms with Crippen molar-refractivity contribution in [3.05, 3.63) is 42.5 Å². The second kappa shape index (κ2) is 11.0. The van der Waals surface area contributed by atoms with E-state index in [4.69, 9.17) is 9.84 Å². The summed E-state index contributed by atoms with van der Waals surface area (Å²) in [5.41, 5.74) is 1.01. The molecule has 188 valence electrons. The van der Waals surface area contributed by atoms with Crippen LogP contribution in [0.2, 0.25) is 0 Å². The lowest BCUT2D eigenvalue weighted by molar-refractivity contribution is -0.138. The summed E-state index contributed by atoms with van der Waals surface area (Å²) >= 11 is 0. The van der Waals surface area contributed by atoms with E-state index in [0.29, 0.717) is 11.3 Å². The molecule has 1 aliphatic rings. The summed E-state index contributed by atoms with van der Waals surface area (Å²) in [6, 6.07) is 6.62. The Morgan fingerprint density at radius 2 is 2.19 bits per heavy atom. The SMILES string of the molecule is N#Cc1cc(-c2ncnc(Nc3cnn(CC(F)F)c3)n2)ccc1O[C@H]1CCN(C(=O)CO)C[C@@H]1F. The molecule has 11 nitrogen and oxygen atoms in total. The molecule has 14 heteroatoms. The number of rotatable bonds is 8. The number of amides is 1. The second-order valence-electron chi connectivity index (χ2n) is 7.88. The Labute approximate surface area is 203 Å². The number of carbonyl (C=O) groups is 1. The van der Waals surface area contributed by atoms with E-state index in [1.54, 1.807) is 6.07 Å². The van der Waals surface area contributed by atoms with Gasteiger partial charge in [-0.1, -0.05) is 0 Å². The molecular formula is C22H21F3N8O3. The Morgan fingerprint density at radius 1 is 1.36 bits per heavy atom. The number of ether oxygens (including phenoxy) is 1. The molecule has 0 spiro atoms. The fourth-order valence-electron chi connectivity index (χ4n) is 3.66. The molecule has 0 unspecified atom stereocenters. The average molecular weight is 502 g/mol. The van der Waals surface area contributed by atoms with E-state index in [9.17, 15) is 23.2 Å². The number of benzene rings is 1. The number of alkyl halides is 3. The van der Waals surface area contributed by atoms with Gasteiger partial charge in [0.25, 0.3) is 6.43 Å². The number of aliphatic hydroxyl groups excluding tert-OH is 1. The van der Waals surface area contributed by atoms with E-state index >= 15 is 0 Å². The third-order valence-electron chi connectivity index (χ3n) is 5.39. The number of nitrogens with zero attached hydrogens (tertiary/aromatic N) is 7. The first-order valence-electron chi connectivity index (χ1n) is 10.9. The normalized spacial score (nSPS) is 17.6. The number of carbonyl (C=O) groups excluding carboxylic acids is 1.